The van der Waals surface area contributed by atoms with E-state index in [0.717, 1.165) is 23.1 Å². The quantitative estimate of drug-likeness (QED) is 0.563. The molecule has 2 N–H and O–H groups in total. The Hall–Kier alpha value is -3.51. The molecule has 0 fully saturated rings. The van der Waals surface area contributed by atoms with E-state index in [4.69, 9.17) is 14.2 Å². The molecule has 0 radical (unpaired) electrons. The Morgan fingerprint density at radius 1 is 0.969 bits per heavy atom. The van der Waals surface area contributed by atoms with Crippen molar-refractivity contribution in [3.8, 4) is 17.2 Å². The highest BCUT2D eigenvalue weighted by Gasteiger charge is 2.49. The van der Waals surface area contributed by atoms with Crippen LogP contribution in [0.25, 0.3) is 0 Å². The number of rotatable bonds is 8. The van der Waals surface area contributed by atoms with Crippen LogP contribution in [0.4, 0.5) is 0 Å². The Kier molecular flexibility index (Phi) is 6.32. The summed E-state index contributed by atoms with van der Waals surface area (Å²) in [5.74, 6) is 0.369. The first kappa shape index (κ1) is 21.7. The van der Waals surface area contributed by atoms with E-state index in [0.29, 0.717) is 30.2 Å². The first-order valence-electron chi connectivity index (χ1n) is 10.6. The molecule has 0 aromatic heterocycles. The van der Waals surface area contributed by atoms with E-state index in [2.05, 4.69) is 11.4 Å². The molecule has 0 spiro atoms. The molecule has 1 aliphatic heterocycles. The predicted octanol–water partition coefficient (Wildman–Crippen LogP) is 3.82. The number of carboxylic acids is 1. The number of hydrogen-bond donors (Lipinski definition) is 2. The number of methoxy groups -OCH3 is 2. The number of fused-ring (bicyclic) bond motifs is 1. The van der Waals surface area contributed by atoms with E-state index in [-0.39, 0.29) is 0 Å². The number of aliphatic carboxylic acids is 1. The third-order valence-electron chi connectivity index (χ3n) is 5.91. The zero-order valence-corrected chi connectivity index (χ0v) is 18.2. The Balaban J connectivity index is 1.83. The Morgan fingerprint density at radius 3 is 2.25 bits per heavy atom. The van der Waals surface area contributed by atoms with Gasteiger partial charge in [-0.2, -0.15) is 0 Å². The zero-order valence-electron chi connectivity index (χ0n) is 18.2. The van der Waals surface area contributed by atoms with Gasteiger partial charge in [-0.1, -0.05) is 54.6 Å². The maximum Gasteiger partial charge on any atom is 0.347 e. The summed E-state index contributed by atoms with van der Waals surface area (Å²) in [5.41, 5.74) is 2.13. The van der Waals surface area contributed by atoms with Gasteiger partial charge in [-0.05, 0) is 29.5 Å². The van der Waals surface area contributed by atoms with Crippen LogP contribution in [0.2, 0.25) is 0 Å². The monoisotopic (exact) mass is 433 g/mol. The molecular formula is C26H27NO5. The lowest BCUT2D eigenvalue weighted by Gasteiger charge is -2.44. The van der Waals surface area contributed by atoms with Gasteiger partial charge in [-0.3, -0.25) is 0 Å². The van der Waals surface area contributed by atoms with Crippen molar-refractivity contribution in [2.24, 2.45) is 0 Å². The van der Waals surface area contributed by atoms with Crippen molar-refractivity contribution < 1.29 is 24.1 Å². The van der Waals surface area contributed by atoms with Gasteiger partial charge in [0.15, 0.2) is 0 Å². The van der Waals surface area contributed by atoms with E-state index in [9.17, 15) is 9.90 Å². The minimum atomic E-state index is -1.19. The lowest BCUT2D eigenvalue weighted by molar-refractivity contribution is -0.150. The first-order chi connectivity index (χ1) is 15.6. The molecule has 0 saturated carbocycles. The number of carboxylic acid groups (broad SMARTS) is 1. The summed E-state index contributed by atoms with van der Waals surface area (Å²) in [7, 11) is 3.09. The fourth-order valence-corrected chi connectivity index (χ4v) is 4.44. The van der Waals surface area contributed by atoms with Crippen molar-refractivity contribution in [1.82, 2.24) is 5.32 Å². The highest BCUT2D eigenvalue weighted by molar-refractivity contribution is 5.76. The maximum atomic E-state index is 12.7. The van der Waals surface area contributed by atoms with Gasteiger partial charge in [0, 0.05) is 24.7 Å². The van der Waals surface area contributed by atoms with Crippen LogP contribution >= 0.6 is 0 Å². The van der Waals surface area contributed by atoms with Gasteiger partial charge in [0.05, 0.1) is 19.8 Å². The molecule has 6 nitrogen and oxygen atoms in total. The molecule has 2 atom stereocenters. The van der Waals surface area contributed by atoms with E-state index in [1.54, 1.807) is 32.4 Å². The van der Waals surface area contributed by atoms with Gasteiger partial charge in [0.2, 0.25) is 6.10 Å². The molecule has 4 rings (SSSR count). The summed E-state index contributed by atoms with van der Waals surface area (Å²) >= 11 is 0. The van der Waals surface area contributed by atoms with Crippen molar-refractivity contribution in [3.05, 3.63) is 89.5 Å². The van der Waals surface area contributed by atoms with E-state index >= 15 is 0 Å². The number of nitrogens with one attached hydrogen (secondary N) is 1. The lowest BCUT2D eigenvalue weighted by atomic mass is 9.74. The highest BCUT2D eigenvalue weighted by Crippen LogP contribution is 2.38. The third-order valence-corrected chi connectivity index (χ3v) is 5.91. The summed E-state index contributed by atoms with van der Waals surface area (Å²) in [6.45, 7) is 0.651. The largest absolute Gasteiger partial charge is 0.496 e. The second kappa shape index (κ2) is 9.32. The second-order valence-electron chi connectivity index (χ2n) is 7.85. The van der Waals surface area contributed by atoms with Crippen LogP contribution in [0.15, 0.2) is 72.8 Å². The number of hydrogen-bond acceptors (Lipinski definition) is 5. The van der Waals surface area contributed by atoms with Crippen LogP contribution < -0.4 is 19.5 Å². The second-order valence-corrected chi connectivity index (χ2v) is 7.85. The standard InChI is InChI=1S/C26H27NO5/c1-30-20-14-21(31-2)16-22(15-20)32-24(25(28)29)26(17-18-8-4-3-5-9-18)23-11-7-6-10-19(23)12-13-27-26/h3-11,14-16,24,27H,12-13,17H2,1-2H3,(H,28,29). The maximum absolute atomic E-state index is 12.7. The first-order valence-corrected chi connectivity index (χ1v) is 10.6. The van der Waals surface area contributed by atoms with E-state index in [1.165, 1.54) is 0 Å². The van der Waals surface area contributed by atoms with Crippen molar-refractivity contribution >= 4 is 5.97 Å². The lowest BCUT2D eigenvalue weighted by Crippen LogP contribution is -2.61. The van der Waals surface area contributed by atoms with E-state index < -0.39 is 17.6 Å². The molecule has 2 unspecified atom stereocenters. The summed E-state index contributed by atoms with van der Waals surface area (Å²) in [5, 5.41) is 13.9. The number of carbonyl (C=O) groups is 1. The van der Waals surface area contributed by atoms with Gasteiger partial charge < -0.3 is 24.6 Å². The molecule has 1 aliphatic rings. The molecule has 1 heterocycles. The molecule has 0 amide bonds. The fraction of sp³-hybridized carbons (Fsp3) is 0.269. The molecule has 32 heavy (non-hydrogen) atoms. The van der Waals surface area contributed by atoms with Crippen LogP contribution in [0.3, 0.4) is 0 Å². The summed E-state index contributed by atoms with van der Waals surface area (Å²) in [6.07, 6.45) is 0.0931. The van der Waals surface area contributed by atoms with Crippen LogP contribution in [0.1, 0.15) is 16.7 Å². The van der Waals surface area contributed by atoms with Gasteiger partial charge in [-0.25, -0.2) is 4.79 Å². The van der Waals surface area contributed by atoms with Crippen molar-refractivity contribution in [3.63, 3.8) is 0 Å². The van der Waals surface area contributed by atoms with Crippen LogP contribution in [-0.4, -0.2) is 37.9 Å². The minimum Gasteiger partial charge on any atom is -0.496 e. The molecule has 3 aromatic carbocycles. The van der Waals surface area contributed by atoms with Crippen molar-refractivity contribution in [1.29, 1.82) is 0 Å². The van der Waals surface area contributed by atoms with E-state index in [1.807, 2.05) is 48.5 Å². The van der Waals surface area contributed by atoms with Crippen LogP contribution in [0.5, 0.6) is 17.2 Å². The average Bonchev–Trinajstić information content (AvgIpc) is 2.83. The zero-order chi connectivity index (χ0) is 22.6. The van der Waals surface area contributed by atoms with Gasteiger partial charge in [0.25, 0.3) is 0 Å². The number of benzene rings is 3. The molecular weight excluding hydrogens is 406 g/mol. The average molecular weight is 434 g/mol. The van der Waals surface area contributed by atoms with Crippen molar-refractivity contribution in [2.45, 2.75) is 24.5 Å². The van der Waals surface area contributed by atoms with Gasteiger partial charge >= 0.3 is 5.97 Å². The molecule has 6 heteroatoms. The smallest absolute Gasteiger partial charge is 0.347 e. The minimum absolute atomic E-state index is 0.367. The van der Waals surface area contributed by atoms with Gasteiger partial charge in [0.1, 0.15) is 17.2 Å². The Morgan fingerprint density at radius 2 is 1.59 bits per heavy atom. The third kappa shape index (κ3) is 4.27. The fourth-order valence-electron chi connectivity index (χ4n) is 4.44. The SMILES string of the molecule is COc1cc(OC)cc(OC(C(=O)O)C2(Cc3ccccc3)NCCc3ccccc32)c1. The summed E-state index contributed by atoms with van der Waals surface area (Å²) in [6, 6.07) is 22.9. The topological polar surface area (TPSA) is 77.0 Å². The van der Waals surface area contributed by atoms with Crippen molar-refractivity contribution in [2.75, 3.05) is 20.8 Å². The van der Waals surface area contributed by atoms with Crippen LogP contribution in [0, 0.1) is 0 Å². The Labute approximate surface area is 187 Å². The molecule has 3 aromatic rings. The van der Waals surface area contributed by atoms with Gasteiger partial charge in [-0.15, -0.1) is 0 Å². The van der Waals surface area contributed by atoms with Crippen LogP contribution in [-0.2, 0) is 23.2 Å². The molecule has 0 aliphatic carbocycles. The summed E-state index contributed by atoms with van der Waals surface area (Å²) < 4.78 is 16.9. The predicted molar refractivity (Wildman–Crippen MR) is 122 cm³/mol. The Bertz CT molecular complexity index is 1060. The summed E-state index contributed by atoms with van der Waals surface area (Å²) in [4.78, 5) is 12.7. The molecule has 0 saturated heterocycles. The normalized spacial score (nSPS) is 18.3. The number of ether oxygens (including phenoxy) is 3. The highest BCUT2D eigenvalue weighted by atomic mass is 16.5. The molecule has 166 valence electrons. The molecule has 0 bridgehead atoms.